The SMILES string of the molecule is CN(Cc1ncncc1C(=O)O)C1CCCCC1O. The van der Waals surface area contributed by atoms with Crippen LogP contribution in [0.25, 0.3) is 0 Å². The Balaban J connectivity index is 2.10. The number of aliphatic hydroxyl groups is 1. The Bertz CT molecular complexity index is 453. The van der Waals surface area contributed by atoms with Crippen LogP contribution in [0.15, 0.2) is 12.5 Å². The topological polar surface area (TPSA) is 86.6 Å². The summed E-state index contributed by atoms with van der Waals surface area (Å²) in [6.07, 6.45) is 6.23. The minimum atomic E-state index is -1.02. The zero-order valence-electron chi connectivity index (χ0n) is 11.0. The Kier molecular flexibility index (Phi) is 4.44. The maximum Gasteiger partial charge on any atom is 0.339 e. The molecule has 6 heteroatoms. The Labute approximate surface area is 112 Å². The Morgan fingerprint density at radius 3 is 2.89 bits per heavy atom. The second kappa shape index (κ2) is 6.08. The van der Waals surface area contributed by atoms with Crippen LogP contribution in [0, 0.1) is 0 Å². The number of likely N-dealkylation sites (N-methyl/N-ethyl adjacent to an activating group) is 1. The molecule has 19 heavy (non-hydrogen) atoms. The molecule has 0 bridgehead atoms. The van der Waals surface area contributed by atoms with Crippen LogP contribution in [-0.4, -0.2) is 50.2 Å². The smallest absolute Gasteiger partial charge is 0.339 e. The molecule has 2 rings (SSSR count). The number of rotatable bonds is 4. The highest BCUT2D eigenvalue weighted by atomic mass is 16.4. The first-order valence-electron chi connectivity index (χ1n) is 6.50. The number of aromatic carboxylic acids is 1. The first-order chi connectivity index (χ1) is 9.09. The fourth-order valence-corrected chi connectivity index (χ4v) is 2.62. The number of carbonyl (C=O) groups is 1. The van der Waals surface area contributed by atoms with E-state index in [1.54, 1.807) is 0 Å². The zero-order valence-corrected chi connectivity index (χ0v) is 11.0. The fraction of sp³-hybridized carbons (Fsp3) is 0.615. The molecule has 1 aliphatic rings. The summed E-state index contributed by atoms with van der Waals surface area (Å²) in [5.74, 6) is -1.02. The first kappa shape index (κ1) is 13.9. The van der Waals surface area contributed by atoms with E-state index in [1.165, 1.54) is 12.5 Å². The fourth-order valence-electron chi connectivity index (χ4n) is 2.62. The van der Waals surface area contributed by atoms with Gasteiger partial charge in [-0.3, -0.25) is 4.90 Å². The zero-order chi connectivity index (χ0) is 13.8. The lowest BCUT2D eigenvalue weighted by Gasteiger charge is -2.35. The standard InChI is InChI=1S/C13H19N3O3/c1-16(11-4-2-3-5-12(11)17)7-10-9(13(18)19)6-14-8-15-10/h6,8,11-12,17H,2-5,7H2,1H3,(H,18,19). The minimum Gasteiger partial charge on any atom is -0.478 e. The van der Waals surface area contributed by atoms with Gasteiger partial charge < -0.3 is 10.2 Å². The number of carboxylic acid groups (broad SMARTS) is 1. The molecule has 0 aromatic carbocycles. The summed E-state index contributed by atoms with van der Waals surface area (Å²) in [5, 5.41) is 19.1. The summed E-state index contributed by atoms with van der Waals surface area (Å²) >= 11 is 0. The van der Waals surface area contributed by atoms with Crippen LogP contribution in [0.5, 0.6) is 0 Å². The summed E-state index contributed by atoms with van der Waals surface area (Å²) in [6, 6.07) is 0.0744. The van der Waals surface area contributed by atoms with Gasteiger partial charge in [0.15, 0.2) is 0 Å². The predicted octanol–water partition coefficient (Wildman–Crippen LogP) is 0.910. The van der Waals surface area contributed by atoms with Gasteiger partial charge in [-0.1, -0.05) is 12.8 Å². The highest BCUT2D eigenvalue weighted by molar-refractivity contribution is 5.88. The average molecular weight is 265 g/mol. The van der Waals surface area contributed by atoms with Crippen molar-refractivity contribution in [1.82, 2.24) is 14.9 Å². The molecule has 1 aliphatic carbocycles. The average Bonchev–Trinajstić information content (AvgIpc) is 2.39. The predicted molar refractivity (Wildman–Crippen MR) is 68.7 cm³/mol. The number of aromatic nitrogens is 2. The molecule has 1 heterocycles. The van der Waals surface area contributed by atoms with Crippen molar-refractivity contribution in [2.24, 2.45) is 0 Å². The Morgan fingerprint density at radius 2 is 2.21 bits per heavy atom. The Hall–Kier alpha value is -1.53. The highest BCUT2D eigenvalue weighted by Crippen LogP contribution is 2.23. The number of aliphatic hydroxyl groups excluding tert-OH is 1. The molecule has 0 amide bonds. The van der Waals surface area contributed by atoms with E-state index in [-0.39, 0.29) is 17.7 Å². The van der Waals surface area contributed by atoms with E-state index in [9.17, 15) is 9.90 Å². The van der Waals surface area contributed by atoms with Crippen molar-refractivity contribution in [2.75, 3.05) is 7.05 Å². The van der Waals surface area contributed by atoms with Gasteiger partial charge in [-0.2, -0.15) is 0 Å². The molecule has 0 spiro atoms. The summed E-state index contributed by atoms with van der Waals surface area (Å²) in [5.41, 5.74) is 0.613. The van der Waals surface area contributed by atoms with E-state index in [0.29, 0.717) is 12.2 Å². The minimum absolute atomic E-state index is 0.0744. The summed E-state index contributed by atoms with van der Waals surface area (Å²) in [6.45, 7) is 0.409. The molecular weight excluding hydrogens is 246 g/mol. The van der Waals surface area contributed by atoms with Crippen molar-refractivity contribution in [2.45, 2.75) is 44.4 Å². The van der Waals surface area contributed by atoms with E-state index < -0.39 is 5.97 Å². The highest BCUT2D eigenvalue weighted by Gasteiger charge is 2.27. The molecule has 2 unspecified atom stereocenters. The summed E-state index contributed by atoms with van der Waals surface area (Å²) in [4.78, 5) is 20.9. The van der Waals surface area contributed by atoms with Crippen molar-refractivity contribution in [3.05, 3.63) is 23.8 Å². The van der Waals surface area contributed by atoms with E-state index in [2.05, 4.69) is 9.97 Å². The van der Waals surface area contributed by atoms with Crippen molar-refractivity contribution >= 4 is 5.97 Å². The quantitative estimate of drug-likeness (QED) is 0.841. The van der Waals surface area contributed by atoms with Crippen LogP contribution >= 0.6 is 0 Å². The monoisotopic (exact) mass is 265 g/mol. The molecule has 1 aromatic rings. The van der Waals surface area contributed by atoms with Gasteiger partial charge in [-0.05, 0) is 19.9 Å². The molecule has 2 N–H and O–H groups in total. The van der Waals surface area contributed by atoms with Gasteiger partial charge in [0.2, 0.25) is 0 Å². The van der Waals surface area contributed by atoms with Crippen LogP contribution < -0.4 is 0 Å². The number of hydrogen-bond donors (Lipinski definition) is 2. The number of nitrogens with zero attached hydrogens (tertiary/aromatic N) is 3. The van der Waals surface area contributed by atoms with Gasteiger partial charge in [-0.25, -0.2) is 14.8 Å². The largest absolute Gasteiger partial charge is 0.478 e. The maximum atomic E-state index is 11.1. The van der Waals surface area contributed by atoms with Crippen molar-refractivity contribution < 1.29 is 15.0 Å². The molecule has 1 fully saturated rings. The lowest BCUT2D eigenvalue weighted by molar-refractivity contribution is 0.0281. The van der Waals surface area contributed by atoms with Crippen molar-refractivity contribution in [3.63, 3.8) is 0 Å². The third kappa shape index (κ3) is 3.27. The van der Waals surface area contributed by atoms with Crippen molar-refractivity contribution in [3.8, 4) is 0 Å². The maximum absolute atomic E-state index is 11.1. The Morgan fingerprint density at radius 1 is 1.47 bits per heavy atom. The lowest BCUT2D eigenvalue weighted by Crippen LogP contribution is -2.43. The van der Waals surface area contributed by atoms with Crippen LogP contribution in [-0.2, 0) is 6.54 Å². The van der Waals surface area contributed by atoms with Crippen LogP contribution in [0.1, 0.15) is 41.7 Å². The first-order valence-corrected chi connectivity index (χ1v) is 6.50. The van der Waals surface area contributed by atoms with Gasteiger partial charge >= 0.3 is 5.97 Å². The molecular formula is C13H19N3O3. The van der Waals surface area contributed by atoms with Crippen LogP contribution in [0.4, 0.5) is 0 Å². The molecule has 0 radical (unpaired) electrons. The number of carboxylic acids is 1. The molecule has 1 aromatic heterocycles. The molecule has 2 atom stereocenters. The van der Waals surface area contributed by atoms with Gasteiger partial charge in [-0.15, -0.1) is 0 Å². The van der Waals surface area contributed by atoms with E-state index in [1.807, 2.05) is 11.9 Å². The molecule has 6 nitrogen and oxygen atoms in total. The van der Waals surface area contributed by atoms with Crippen molar-refractivity contribution in [1.29, 1.82) is 0 Å². The lowest BCUT2D eigenvalue weighted by atomic mass is 9.91. The van der Waals surface area contributed by atoms with E-state index in [4.69, 9.17) is 5.11 Å². The summed E-state index contributed by atoms with van der Waals surface area (Å²) in [7, 11) is 1.90. The third-order valence-corrected chi connectivity index (χ3v) is 3.68. The number of hydrogen-bond acceptors (Lipinski definition) is 5. The van der Waals surface area contributed by atoms with E-state index >= 15 is 0 Å². The van der Waals surface area contributed by atoms with Crippen LogP contribution in [0.3, 0.4) is 0 Å². The third-order valence-electron chi connectivity index (χ3n) is 3.68. The summed E-state index contributed by atoms with van der Waals surface area (Å²) < 4.78 is 0. The second-order valence-corrected chi connectivity index (χ2v) is 5.02. The molecule has 0 saturated heterocycles. The van der Waals surface area contributed by atoms with Gasteiger partial charge in [0.25, 0.3) is 0 Å². The molecule has 104 valence electrons. The molecule has 1 saturated carbocycles. The molecule has 0 aliphatic heterocycles. The van der Waals surface area contributed by atoms with E-state index in [0.717, 1.165) is 25.7 Å². The second-order valence-electron chi connectivity index (χ2n) is 5.02. The van der Waals surface area contributed by atoms with Gasteiger partial charge in [0, 0.05) is 18.8 Å². The van der Waals surface area contributed by atoms with Crippen LogP contribution in [0.2, 0.25) is 0 Å². The van der Waals surface area contributed by atoms with Gasteiger partial charge in [0.1, 0.15) is 11.9 Å². The normalized spacial score (nSPS) is 23.5. The van der Waals surface area contributed by atoms with Gasteiger partial charge in [0.05, 0.1) is 11.8 Å².